The maximum atomic E-state index is 13.8. The van der Waals surface area contributed by atoms with E-state index in [-0.39, 0.29) is 28.7 Å². The number of nitro groups is 1. The molecule has 0 heterocycles. The minimum Gasteiger partial charge on any atom is -0.354 e. The van der Waals surface area contributed by atoms with Crippen molar-refractivity contribution in [2.45, 2.75) is 37.8 Å². The van der Waals surface area contributed by atoms with Gasteiger partial charge in [-0.3, -0.25) is 24.0 Å². The number of nitrogens with one attached hydrogen (secondary N) is 1. The quantitative estimate of drug-likeness (QED) is 0.236. The van der Waals surface area contributed by atoms with Gasteiger partial charge >= 0.3 is 0 Å². The van der Waals surface area contributed by atoms with Crippen molar-refractivity contribution < 1.29 is 22.9 Å². The van der Waals surface area contributed by atoms with Gasteiger partial charge in [0, 0.05) is 29.7 Å². The van der Waals surface area contributed by atoms with Gasteiger partial charge in [-0.15, -0.1) is 0 Å². The lowest BCUT2D eigenvalue weighted by Gasteiger charge is -2.32. The number of hydrogen-bond donors (Lipinski definition) is 1. The van der Waals surface area contributed by atoms with Crippen LogP contribution in [0.4, 0.5) is 11.4 Å². The number of non-ortho nitro benzene ring substituents is 1. The number of rotatable bonds is 12. The van der Waals surface area contributed by atoms with Gasteiger partial charge in [0.25, 0.3) is 15.7 Å². The molecule has 3 aromatic carbocycles. The third kappa shape index (κ3) is 7.64. The summed E-state index contributed by atoms with van der Waals surface area (Å²) in [5, 5.41) is 13.9. The highest BCUT2D eigenvalue weighted by Gasteiger charge is 2.32. The van der Waals surface area contributed by atoms with E-state index in [9.17, 15) is 28.1 Å². The van der Waals surface area contributed by atoms with E-state index in [0.29, 0.717) is 13.0 Å². The maximum absolute atomic E-state index is 13.8. The molecule has 0 bridgehead atoms. The molecule has 3 aromatic rings. The number of sulfonamides is 1. The van der Waals surface area contributed by atoms with Crippen molar-refractivity contribution in [1.82, 2.24) is 10.2 Å². The second-order valence-electron chi connectivity index (χ2n) is 8.72. The molecule has 0 unspecified atom stereocenters. The minimum atomic E-state index is -4.25. The van der Waals surface area contributed by atoms with Crippen LogP contribution in [0.15, 0.2) is 88.2 Å². The Morgan fingerprint density at radius 2 is 1.69 bits per heavy atom. The molecule has 1 atom stereocenters. The Bertz CT molecular complexity index is 1420. The number of carbonyl (C=O) groups excluding carboxylic acids is 2. The molecule has 2 amide bonds. The highest BCUT2D eigenvalue weighted by Crippen LogP contribution is 2.26. The van der Waals surface area contributed by atoms with Gasteiger partial charge in [0.1, 0.15) is 12.6 Å². The summed E-state index contributed by atoms with van der Waals surface area (Å²) in [4.78, 5) is 38.5. The van der Waals surface area contributed by atoms with Crippen LogP contribution < -0.4 is 9.62 Å². The third-order valence-electron chi connectivity index (χ3n) is 5.92. The largest absolute Gasteiger partial charge is 0.354 e. The van der Waals surface area contributed by atoms with Gasteiger partial charge in [-0.2, -0.15) is 0 Å². The molecule has 39 heavy (non-hydrogen) atoms. The molecule has 3 rings (SSSR count). The van der Waals surface area contributed by atoms with Gasteiger partial charge in [-0.05, 0) is 55.3 Å². The molecule has 0 aliphatic rings. The zero-order valence-electron chi connectivity index (χ0n) is 21.5. The highest BCUT2D eigenvalue weighted by atomic mass is 79.9. The Labute approximate surface area is 236 Å². The van der Waals surface area contributed by atoms with Crippen LogP contribution in [-0.2, 0) is 26.2 Å². The van der Waals surface area contributed by atoms with E-state index in [0.717, 1.165) is 14.3 Å². The number of carbonyl (C=O) groups is 2. The molecule has 0 aliphatic heterocycles. The van der Waals surface area contributed by atoms with Gasteiger partial charge in [-0.1, -0.05) is 53.2 Å². The van der Waals surface area contributed by atoms with Gasteiger partial charge in [-0.25, -0.2) is 8.42 Å². The number of benzene rings is 3. The van der Waals surface area contributed by atoms with Crippen molar-refractivity contribution in [1.29, 1.82) is 0 Å². The monoisotopic (exact) mass is 616 g/mol. The fourth-order valence-corrected chi connectivity index (χ4v) is 5.68. The summed E-state index contributed by atoms with van der Waals surface area (Å²) >= 11 is 3.41. The predicted molar refractivity (Wildman–Crippen MR) is 152 cm³/mol. The molecule has 12 heteroatoms. The summed E-state index contributed by atoms with van der Waals surface area (Å²) in [6.07, 6.45) is 0.710. The number of anilines is 1. The van der Waals surface area contributed by atoms with Crippen LogP contribution in [0.1, 0.15) is 25.8 Å². The van der Waals surface area contributed by atoms with E-state index in [1.807, 2.05) is 19.1 Å². The number of halogens is 1. The van der Waals surface area contributed by atoms with Crippen LogP contribution in [-0.4, -0.2) is 49.2 Å². The molecule has 0 radical (unpaired) electrons. The first kappa shape index (κ1) is 29.8. The summed E-state index contributed by atoms with van der Waals surface area (Å²) in [5.41, 5.74) is 0.587. The average Bonchev–Trinajstić information content (AvgIpc) is 2.93. The summed E-state index contributed by atoms with van der Waals surface area (Å²) in [7, 11) is -4.25. The third-order valence-corrected chi connectivity index (χ3v) is 8.20. The summed E-state index contributed by atoms with van der Waals surface area (Å²) in [6, 6.07) is 18.8. The van der Waals surface area contributed by atoms with Crippen molar-refractivity contribution in [3.8, 4) is 0 Å². The zero-order chi connectivity index (χ0) is 28.6. The highest BCUT2D eigenvalue weighted by molar-refractivity contribution is 9.10. The van der Waals surface area contributed by atoms with Crippen molar-refractivity contribution in [3.05, 3.63) is 99.0 Å². The summed E-state index contributed by atoms with van der Waals surface area (Å²) < 4.78 is 29.1. The average molecular weight is 618 g/mol. The van der Waals surface area contributed by atoms with Crippen molar-refractivity contribution in [2.75, 3.05) is 17.4 Å². The van der Waals surface area contributed by atoms with Gasteiger partial charge in [0.2, 0.25) is 11.8 Å². The number of nitro benzene ring substituents is 1. The van der Waals surface area contributed by atoms with E-state index >= 15 is 0 Å². The Hall–Kier alpha value is -3.77. The predicted octanol–water partition coefficient (Wildman–Crippen LogP) is 4.50. The molecule has 0 aliphatic carbocycles. The van der Waals surface area contributed by atoms with Crippen LogP contribution in [0.5, 0.6) is 0 Å². The number of amides is 2. The van der Waals surface area contributed by atoms with Gasteiger partial charge < -0.3 is 10.2 Å². The Morgan fingerprint density at radius 3 is 2.28 bits per heavy atom. The molecule has 1 N–H and O–H groups in total. The molecule has 0 aromatic heterocycles. The standard InChI is InChI=1S/C27H29BrN4O6S/c1-3-16-29-27(34)20(2)30(18-21-8-7-9-22(28)17-21)26(33)19-31(23-12-14-24(15-13-23)32(35)36)39(37,38)25-10-5-4-6-11-25/h4-15,17,20H,3,16,18-19H2,1-2H3,(H,29,34)/t20-/m1/s1. The minimum absolute atomic E-state index is 0.0524. The zero-order valence-corrected chi connectivity index (χ0v) is 23.9. The van der Waals surface area contributed by atoms with Crippen LogP contribution in [0, 0.1) is 10.1 Å². The Kier molecular flexibility index (Phi) is 10.2. The molecule has 0 saturated carbocycles. The topological polar surface area (TPSA) is 130 Å². The van der Waals surface area contributed by atoms with Crippen LogP contribution in [0.3, 0.4) is 0 Å². The van der Waals surface area contributed by atoms with E-state index in [4.69, 9.17) is 0 Å². The summed E-state index contributed by atoms with van der Waals surface area (Å²) in [6.45, 7) is 3.35. The normalized spacial score (nSPS) is 11.9. The first-order valence-electron chi connectivity index (χ1n) is 12.2. The molecule has 10 nitrogen and oxygen atoms in total. The molecule has 0 spiro atoms. The SMILES string of the molecule is CCCNC(=O)[C@@H](C)N(Cc1cccc(Br)c1)C(=O)CN(c1ccc([N+](=O)[O-])cc1)S(=O)(=O)c1ccccc1. The van der Waals surface area contributed by atoms with E-state index in [1.165, 1.54) is 41.3 Å². The lowest BCUT2D eigenvalue weighted by Crippen LogP contribution is -2.51. The fourth-order valence-electron chi connectivity index (χ4n) is 3.80. The van der Waals surface area contributed by atoms with Crippen molar-refractivity contribution in [3.63, 3.8) is 0 Å². The Morgan fingerprint density at radius 1 is 1.03 bits per heavy atom. The maximum Gasteiger partial charge on any atom is 0.269 e. The lowest BCUT2D eigenvalue weighted by atomic mass is 10.1. The van der Waals surface area contributed by atoms with Crippen molar-refractivity contribution >= 4 is 49.1 Å². The first-order chi connectivity index (χ1) is 18.5. The van der Waals surface area contributed by atoms with E-state index < -0.39 is 33.4 Å². The molecular weight excluding hydrogens is 588 g/mol. The fraction of sp³-hybridized carbons (Fsp3) is 0.259. The van der Waals surface area contributed by atoms with E-state index in [2.05, 4.69) is 21.2 Å². The molecule has 206 valence electrons. The van der Waals surface area contributed by atoms with Crippen molar-refractivity contribution in [2.24, 2.45) is 0 Å². The first-order valence-corrected chi connectivity index (χ1v) is 14.4. The Balaban J connectivity index is 2.03. The molecular formula is C27H29BrN4O6S. The molecule has 0 fully saturated rings. The van der Waals surface area contributed by atoms with Gasteiger partial charge in [0.05, 0.1) is 15.5 Å². The molecule has 0 saturated heterocycles. The van der Waals surface area contributed by atoms with Crippen LogP contribution >= 0.6 is 15.9 Å². The van der Waals surface area contributed by atoms with Crippen LogP contribution in [0.2, 0.25) is 0 Å². The second-order valence-corrected chi connectivity index (χ2v) is 11.5. The smallest absolute Gasteiger partial charge is 0.269 e. The summed E-state index contributed by atoms with van der Waals surface area (Å²) in [5.74, 6) is -0.986. The second kappa shape index (κ2) is 13.3. The van der Waals surface area contributed by atoms with E-state index in [1.54, 1.807) is 37.3 Å². The number of nitrogens with zero attached hydrogens (tertiary/aromatic N) is 3. The lowest BCUT2D eigenvalue weighted by molar-refractivity contribution is -0.384. The van der Waals surface area contributed by atoms with Gasteiger partial charge in [0.15, 0.2) is 0 Å². The number of hydrogen-bond acceptors (Lipinski definition) is 6. The van der Waals surface area contributed by atoms with Crippen LogP contribution in [0.25, 0.3) is 0 Å².